The van der Waals surface area contributed by atoms with Crippen LogP contribution in [0.2, 0.25) is 0 Å². The third kappa shape index (κ3) is 5.24. The quantitative estimate of drug-likeness (QED) is 0.239. The lowest BCUT2D eigenvalue weighted by Crippen LogP contribution is -2.23. The van der Waals surface area contributed by atoms with Gasteiger partial charge in [0.2, 0.25) is 5.91 Å². The van der Waals surface area contributed by atoms with Crippen molar-refractivity contribution in [3.63, 3.8) is 0 Å². The third-order valence-corrected chi connectivity index (χ3v) is 5.95. The summed E-state index contributed by atoms with van der Waals surface area (Å²) in [6.45, 7) is 7.75. The lowest BCUT2D eigenvalue weighted by atomic mass is 9.96. The SMILES string of the molecule is CCOc1c(/C(C)=C/C(=O)NCCCn2ccnc2)cc2c(-c3ccccc3OC)coc2c1C. The number of imidazole rings is 1. The van der Waals surface area contributed by atoms with Crippen molar-refractivity contribution in [3.05, 3.63) is 72.5 Å². The van der Waals surface area contributed by atoms with Gasteiger partial charge in [-0.15, -0.1) is 0 Å². The summed E-state index contributed by atoms with van der Waals surface area (Å²) >= 11 is 0. The van der Waals surface area contributed by atoms with E-state index >= 15 is 0 Å². The molecule has 0 radical (unpaired) electrons. The molecule has 0 aliphatic carbocycles. The third-order valence-electron chi connectivity index (χ3n) is 5.95. The number of carbonyl (C=O) groups is 1. The molecule has 2 aromatic heterocycles. The van der Waals surface area contributed by atoms with Gasteiger partial charge in [-0.25, -0.2) is 4.98 Å². The highest BCUT2D eigenvalue weighted by Gasteiger charge is 2.20. The average molecular weight is 474 g/mol. The first kappa shape index (κ1) is 24.1. The number of aromatic nitrogens is 2. The predicted octanol–water partition coefficient (Wildman–Crippen LogP) is 5.62. The molecule has 0 fully saturated rings. The number of amides is 1. The molecular weight excluding hydrogens is 442 g/mol. The van der Waals surface area contributed by atoms with Crippen LogP contribution in [0.1, 0.15) is 31.4 Å². The molecule has 0 aliphatic heterocycles. The summed E-state index contributed by atoms with van der Waals surface area (Å²) < 4.78 is 19.6. The Kier molecular flexibility index (Phi) is 7.55. The molecule has 182 valence electrons. The number of carbonyl (C=O) groups excluding carboxylic acids is 1. The Morgan fingerprint density at radius 2 is 2.09 bits per heavy atom. The Bertz CT molecular complexity index is 1340. The first-order valence-electron chi connectivity index (χ1n) is 11.8. The van der Waals surface area contributed by atoms with E-state index < -0.39 is 0 Å². The number of benzene rings is 2. The average Bonchev–Trinajstić information content (AvgIpc) is 3.53. The Morgan fingerprint density at radius 3 is 2.83 bits per heavy atom. The van der Waals surface area contributed by atoms with E-state index in [1.165, 1.54) is 0 Å². The molecule has 7 heteroatoms. The minimum Gasteiger partial charge on any atom is -0.496 e. The molecule has 2 aromatic carbocycles. The number of ether oxygens (including phenoxy) is 2. The van der Waals surface area contributed by atoms with Gasteiger partial charge < -0.3 is 23.8 Å². The minimum absolute atomic E-state index is 0.134. The van der Waals surface area contributed by atoms with E-state index in [0.29, 0.717) is 13.2 Å². The van der Waals surface area contributed by atoms with Crippen LogP contribution in [0.15, 0.2) is 65.8 Å². The first-order valence-corrected chi connectivity index (χ1v) is 11.8. The van der Waals surface area contributed by atoms with Crippen molar-refractivity contribution in [3.8, 4) is 22.6 Å². The van der Waals surface area contributed by atoms with Crippen molar-refractivity contribution in [2.24, 2.45) is 0 Å². The van der Waals surface area contributed by atoms with Gasteiger partial charge in [-0.2, -0.15) is 0 Å². The summed E-state index contributed by atoms with van der Waals surface area (Å²) in [5.41, 5.74) is 5.21. The van der Waals surface area contributed by atoms with Gasteiger partial charge in [-0.05, 0) is 44.9 Å². The van der Waals surface area contributed by atoms with E-state index in [9.17, 15) is 4.79 Å². The van der Waals surface area contributed by atoms with Crippen LogP contribution >= 0.6 is 0 Å². The molecular formula is C28H31N3O4. The maximum absolute atomic E-state index is 12.6. The van der Waals surface area contributed by atoms with Gasteiger partial charge in [-0.1, -0.05) is 18.2 Å². The largest absolute Gasteiger partial charge is 0.496 e. The Morgan fingerprint density at radius 1 is 1.26 bits per heavy atom. The molecule has 7 nitrogen and oxygen atoms in total. The second-order valence-electron chi connectivity index (χ2n) is 8.31. The van der Waals surface area contributed by atoms with Crippen molar-refractivity contribution in [1.29, 1.82) is 0 Å². The number of nitrogens with one attached hydrogen (secondary N) is 1. The van der Waals surface area contributed by atoms with Crippen LogP contribution in [0.3, 0.4) is 0 Å². The number of fused-ring (bicyclic) bond motifs is 1. The van der Waals surface area contributed by atoms with Crippen LogP contribution in [0.4, 0.5) is 0 Å². The molecule has 0 saturated heterocycles. The van der Waals surface area contributed by atoms with Gasteiger partial charge in [0.1, 0.15) is 17.1 Å². The second kappa shape index (κ2) is 11.0. The number of hydrogen-bond donors (Lipinski definition) is 1. The Labute approximate surface area is 205 Å². The fraction of sp³-hybridized carbons (Fsp3) is 0.286. The smallest absolute Gasteiger partial charge is 0.244 e. The number of methoxy groups -OCH3 is 1. The molecule has 0 aliphatic rings. The zero-order valence-corrected chi connectivity index (χ0v) is 20.6. The summed E-state index contributed by atoms with van der Waals surface area (Å²) in [6, 6.07) is 9.89. The van der Waals surface area contributed by atoms with Gasteiger partial charge in [0.15, 0.2) is 0 Å². The highest BCUT2D eigenvalue weighted by molar-refractivity contribution is 6.02. The summed E-state index contributed by atoms with van der Waals surface area (Å²) in [5.74, 6) is 1.36. The highest BCUT2D eigenvalue weighted by Crippen LogP contribution is 2.42. The summed E-state index contributed by atoms with van der Waals surface area (Å²) in [4.78, 5) is 16.7. The molecule has 0 bridgehead atoms. The summed E-state index contributed by atoms with van der Waals surface area (Å²) in [6.07, 6.45) is 9.63. The van der Waals surface area contributed by atoms with Gasteiger partial charge in [0, 0.05) is 59.2 Å². The standard InChI is InChI=1S/C28H31N3O4/c1-5-34-27-20(3)28-23(24(17-35-28)21-9-6-7-10-25(21)33-4)16-22(27)19(2)15-26(32)30-11-8-13-31-14-12-29-18-31/h6-7,9-10,12,14-18H,5,8,11,13H2,1-4H3,(H,30,32)/b19-15+. The molecule has 4 rings (SSSR count). The summed E-state index contributed by atoms with van der Waals surface area (Å²) in [5, 5.41) is 3.91. The van der Waals surface area contributed by atoms with Crippen LogP contribution < -0.4 is 14.8 Å². The molecule has 4 aromatic rings. The lowest BCUT2D eigenvalue weighted by Gasteiger charge is -2.15. The zero-order valence-electron chi connectivity index (χ0n) is 20.6. The van der Waals surface area contributed by atoms with E-state index in [0.717, 1.165) is 63.3 Å². The topological polar surface area (TPSA) is 78.5 Å². The van der Waals surface area contributed by atoms with Crippen LogP contribution in [0, 0.1) is 6.92 Å². The number of furan rings is 1. The Hall–Kier alpha value is -4.00. The molecule has 35 heavy (non-hydrogen) atoms. The highest BCUT2D eigenvalue weighted by atomic mass is 16.5. The normalized spacial score (nSPS) is 11.6. The van der Waals surface area contributed by atoms with Crippen LogP contribution in [0.25, 0.3) is 27.7 Å². The number of aryl methyl sites for hydroxylation is 2. The fourth-order valence-electron chi connectivity index (χ4n) is 4.23. The number of hydrogen-bond acceptors (Lipinski definition) is 5. The predicted molar refractivity (Wildman–Crippen MR) is 138 cm³/mol. The minimum atomic E-state index is -0.134. The van der Waals surface area contributed by atoms with Gasteiger partial charge in [0.25, 0.3) is 0 Å². The van der Waals surface area contributed by atoms with Crippen molar-refractivity contribution in [2.45, 2.75) is 33.7 Å². The van der Waals surface area contributed by atoms with E-state index in [1.807, 2.05) is 61.9 Å². The number of allylic oxidation sites excluding steroid dienone is 1. The van der Waals surface area contributed by atoms with Crippen molar-refractivity contribution < 1.29 is 18.7 Å². The van der Waals surface area contributed by atoms with Crippen molar-refractivity contribution in [1.82, 2.24) is 14.9 Å². The van der Waals surface area contributed by atoms with Crippen LogP contribution in [-0.2, 0) is 11.3 Å². The second-order valence-corrected chi connectivity index (χ2v) is 8.31. The molecule has 1 amide bonds. The molecule has 0 spiro atoms. The molecule has 0 atom stereocenters. The molecule has 1 N–H and O–H groups in total. The van der Waals surface area contributed by atoms with Crippen molar-refractivity contribution >= 4 is 22.4 Å². The lowest BCUT2D eigenvalue weighted by molar-refractivity contribution is -0.116. The first-order chi connectivity index (χ1) is 17.0. The molecule has 2 heterocycles. The monoisotopic (exact) mass is 473 g/mol. The van der Waals surface area contributed by atoms with Gasteiger partial charge in [-0.3, -0.25) is 4.79 Å². The molecule has 0 saturated carbocycles. The maximum Gasteiger partial charge on any atom is 0.244 e. The molecule has 0 unspecified atom stereocenters. The van der Waals surface area contributed by atoms with E-state index in [1.54, 1.807) is 32.0 Å². The summed E-state index contributed by atoms with van der Waals surface area (Å²) in [7, 11) is 1.66. The van der Waals surface area contributed by atoms with Crippen molar-refractivity contribution in [2.75, 3.05) is 20.3 Å². The van der Waals surface area contributed by atoms with Gasteiger partial charge in [0.05, 0.1) is 26.3 Å². The van der Waals surface area contributed by atoms with Crippen LogP contribution in [0.5, 0.6) is 11.5 Å². The zero-order chi connectivity index (χ0) is 24.8. The van der Waals surface area contributed by atoms with Gasteiger partial charge >= 0.3 is 0 Å². The maximum atomic E-state index is 12.6. The van der Waals surface area contributed by atoms with E-state index in [4.69, 9.17) is 13.9 Å². The fourth-order valence-corrected chi connectivity index (χ4v) is 4.23. The van der Waals surface area contributed by atoms with E-state index in [-0.39, 0.29) is 5.91 Å². The number of nitrogens with zero attached hydrogens (tertiary/aromatic N) is 2. The van der Waals surface area contributed by atoms with Crippen LogP contribution in [-0.4, -0.2) is 35.7 Å². The number of rotatable bonds is 10. The Balaban J connectivity index is 1.64. The van der Waals surface area contributed by atoms with E-state index in [2.05, 4.69) is 10.3 Å². The number of para-hydroxylation sites is 1.